The minimum atomic E-state index is -0.292. The maximum Gasteiger partial charge on any atom is 0.0655 e. The van der Waals surface area contributed by atoms with Crippen molar-refractivity contribution in [3.63, 3.8) is 0 Å². The molecule has 6 heteroatoms. The summed E-state index contributed by atoms with van der Waals surface area (Å²) in [4.78, 5) is 3.89. The molecule has 0 unspecified atom stereocenters. The van der Waals surface area contributed by atoms with Crippen molar-refractivity contribution < 1.29 is 0 Å². The van der Waals surface area contributed by atoms with Gasteiger partial charge in [-0.15, -0.1) is 12.4 Å². The first-order valence-electron chi connectivity index (χ1n) is 4.26. The van der Waals surface area contributed by atoms with Crippen molar-refractivity contribution in [2.75, 3.05) is 0 Å². The van der Waals surface area contributed by atoms with Crippen molar-refractivity contribution in [2.45, 2.75) is 6.04 Å². The number of nitrogens with zero attached hydrogens (tertiary/aromatic N) is 1. The summed E-state index contributed by atoms with van der Waals surface area (Å²) in [5, 5.41) is 4.96. The first-order chi connectivity index (χ1) is 7.20. The Morgan fingerprint density at radius 1 is 1.25 bits per heavy atom. The van der Waals surface area contributed by atoms with Crippen LogP contribution in [0.4, 0.5) is 0 Å². The molecule has 0 aliphatic carbocycles. The fourth-order valence-corrected chi connectivity index (χ4v) is 2.63. The predicted octanol–water partition coefficient (Wildman–Crippen LogP) is 3.92. The highest BCUT2D eigenvalue weighted by atomic mass is 35.5. The second-order valence-electron chi connectivity index (χ2n) is 3.05. The van der Waals surface area contributed by atoms with Gasteiger partial charge in [0.1, 0.15) is 0 Å². The van der Waals surface area contributed by atoms with Crippen LogP contribution in [0.25, 0.3) is 0 Å². The minimum absolute atomic E-state index is 0. The number of pyridine rings is 1. The second-order valence-corrected chi connectivity index (χ2v) is 4.65. The lowest BCUT2D eigenvalue weighted by Gasteiger charge is -2.13. The Bertz CT molecular complexity index is 439. The summed E-state index contributed by atoms with van der Waals surface area (Å²) in [5.74, 6) is 0. The number of thiophene rings is 1. The molecule has 0 spiro atoms. The van der Waals surface area contributed by atoms with E-state index in [9.17, 15) is 0 Å². The Hall–Kier alpha value is -0.320. The molecule has 0 aliphatic rings. The van der Waals surface area contributed by atoms with Gasteiger partial charge in [-0.05, 0) is 22.4 Å². The van der Waals surface area contributed by atoms with Crippen molar-refractivity contribution in [2.24, 2.45) is 5.73 Å². The zero-order valence-corrected chi connectivity index (χ0v) is 11.2. The molecule has 0 aliphatic heterocycles. The van der Waals surface area contributed by atoms with Gasteiger partial charge in [0, 0.05) is 18.0 Å². The number of hydrogen-bond acceptors (Lipinski definition) is 3. The monoisotopic (exact) mass is 294 g/mol. The molecule has 2 N–H and O–H groups in total. The quantitative estimate of drug-likeness (QED) is 0.912. The standard InChI is InChI=1S/C10H8Cl2N2S.ClH/c11-7-3-14-4-8(12)9(7)10(13)6-1-2-15-5-6;/h1-5,10H,13H2;1H/t10-;/m1./s1. The van der Waals surface area contributed by atoms with Crippen LogP contribution in [0.3, 0.4) is 0 Å². The Kier molecular flexibility index (Phi) is 5.02. The van der Waals surface area contributed by atoms with Crippen molar-refractivity contribution >= 4 is 46.9 Å². The highest BCUT2D eigenvalue weighted by Gasteiger charge is 2.16. The van der Waals surface area contributed by atoms with Crippen LogP contribution in [-0.4, -0.2) is 4.98 Å². The van der Waals surface area contributed by atoms with Crippen LogP contribution in [0.2, 0.25) is 10.0 Å². The maximum atomic E-state index is 6.07. The van der Waals surface area contributed by atoms with Gasteiger partial charge in [-0.2, -0.15) is 11.3 Å². The molecule has 0 aromatic carbocycles. The zero-order valence-electron chi connectivity index (χ0n) is 8.06. The molecule has 2 rings (SSSR count). The average molecular weight is 296 g/mol. The molecule has 2 aromatic heterocycles. The van der Waals surface area contributed by atoms with Crippen LogP contribution in [0, 0.1) is 0 Å². The van der Waals surface area contributed by atoms with Gasteiger partial charge in [0.15, 0.2) is 0 Å². The Labute approximate surface area is 114 Å². The second kappa shape index (κ2) is 5.84. The van der Waals surface area contributed by atoms with Crippen LogP contribution in [0.15, 0.2) is 29.2 Å². The lowest BCUT2D eigenvalue weighted by Crippen LogP contribution is -2.12. The molecule has 0 radical (unpaired) electrons. The lowest BCUT2D eigenvalue weighted by atomic mass is 10.0. The summed E-state index contributed by atoms with van der Waals surface area (Å²) in [6, 6.07) is 1.67. The van der Waals surface area contributed by atoms with Gasteiger partial charge in [-0.25, -0.2) is 0 Å². The Morgan fingerprint density at radius 2 is 1.88 bits per heavy atom. The number of rotatable bonds is 2. The fourth-order valence-electron chi connectivity index (χ4n) is 1.34. The fraction of sp³-hybridized carbons (Fsp3) is 0.100. The SMILES string of the molecule is Cl.N[C@H](c1ccsc1)c1c(Cl)cncc1Cl. The van der Waals surface area contributed by atoms with Gasteiger partial charge in [0.25, 0.3) is 0 Å². The number of hydrogen-bond donors (Lipinski definition) is 1. The third-order valence-electron chi connectivity index (χ3n) is 2.10. The molecule has 86 valence electrons. The van der Waals surface area contributed by atoms with Crippen molar-refractivity contribution in [3.05, 3.63) is 50.4 Å². The number of aromatic nitrogens is 1. The smallest absolute Gasteiger partial charge is 0.0655 e. The summed E-state index contributed by atoms with van der Waals surface area (Å²) in [7, 11) is 0. The van der Waals surface area contributed by atoms with E-state index in [1.807, 2.05) is 16.8 Å². The van der Waals surface area contributed by atoms with E-state index in [2.05, 4.69) is 4.98 Å². The van der Waals surface area contributed by atoms with Crippen LogP contribution in [0.5, 0.6) is 0 Å². The van der Waals surface area contributed by atoms with Crippen molar-refractivity contribution in [1.82, 2.24) is 4.98 Å². The first-order valence-corrected chi connectivity index (χ1v) is 5.96. The van der Waals surface area contributed by atoms with E-state index < -0.39 is 0 Å². The van der Waals surface area contributed by atoms with E-state index >= 15 is 0 Å². The van der Waals surface area contributed by atoms with E-state index in [-0.39, 0.29) is 18.4 Å². The van der Waals surface area contributed by atoms with E-state index in [1.165, 1.54) is 0 Å². The zero-order chi connectivity index (χ0) is 10.8. The molecule has 2 nitrogen and oxygen atoms in total. The van der Waals surface area contributed by atoms with Crippen molar-refractivity contribution in [3.8, 4) is 0 Å². The van der Waals surface area contributed by atoms with Gasteiger partial charge in [-0.1, -0.05) is 23.2 Å². The summed E-state index contributed by atoms with van der Waals surface area (Å²) in [5.41, 5.74) is 7.81. The molecule has 0 amide bonds. The highest BCUT2D eigenvalue weighted by molar-refractivity contribution is 7.08. The van der Waals surface area contributed by atoms with Gasteiger partial charge in [0.05, 0.1) is 16.1 Å². The first kappa shape index (κ1) is 13.7. The topological polar surface area (TPSA) is 38.9 Å². The molecule has 2 heterocycles. The largest absolute Gasteiger partial charge is 0.320 e. The van der Waals surface area contributed by atoms with Gasteiger partial charge < -0.3 is 5.73 Å². The molecule has 2 aromatic rings. The minimum Gasteiger partial charge on any atom is -0.320 e. The maximum absolute atomic E-state index is 6.07. The molecule has 0 fully saturated rings. The molecule has 1 atom stereocenters. The van der Waals surface area contributed by atoms with Gasteiger partial charge >= 0.3 is 0 Å². The normalized spacial score (nSPS) is 11.9. The van der Waals surface area contributed by atoms with Crippen LogP contribution >= 0.6 is 46.9 Å². The van der Waals surface area contributed by atoms with E-state index in [1.54, 1.807) is 23.7 Å². The summed E-state index contributed by atoms with van der Waals surface area (Å²) in [6.07, 6.45) is 3.10. The molecule has 0 saturated heterocycles. The molecule has 0 bridgehead atoms. The summed E-state index contributed by atoms with van der Waals surface area (Å²) < 4.78 is 0. The number of nitrogens with two attached hydrogens (primary N) is 1. The molecule has 16 heavy (non-hydrogen) atoms. The predicted molar refractivity (Wildman–Crippen MR) is 71.9 cm³/mol. The van der Waals surface area contributed by atoms with Crippen LogP contribution in [-0.2, 0) is 0 Å². The Balaban J connectivity index is 0.00000128. The van der Waals surface area contributed by atoms with E-state index in [0.717, 1.165) is 11.1 Å². The van der Waals surface area contributed by atoms with Crippen molar-refractivity contribution in [1.29, 1.82) is 0 Å². The third kappa shape index (κ3) is 2.67. The van der Waals surface area contributed by atoms with E-state index in [4.69, 9.17) is 28.9 Å². The highest BCUT2D eigenvalue weighted by Crippen LogP contribution is 2.32. The van der Waals surface area contributed by atoms with Gasteiger partial charge in [-0.3, -0.25) is 4.98 Å². The third-order valence-corrected chi connectivity index (χ3v) is 3.41. The summed E-state index contributed by atoms with van der Waals surface area (Å²) in [6.45, 7) is 0. The van der Waals surface area contributed by atoms with Gasteiger partial charge in [0.2, 0.25) is 0 Å². The Morgan fingerprint density at radius 3 is 2.38 bits per heavy atom. The van der Waals surface area contributed by atoms with E-state index in [0.29, 0.717) is 10.0 Å². The van der Waals surface area contributed by atoms with Crippen LogP contribution < -0.4 is 5.73 Å². The molecular formula is C10H9Cl3N2S. The number of halogens is 3. The van der Waals surface area contributed by atoms with Crippen LogP contribution in [0.1, 0.15) is 17.2 Å². The molecule has 0 saturated carbocycles. The summed E-state index contributed by atoms with van der Waals surface area (Å²) >= 11 is 13.6. The molecular weight excluding hydrogens is 287 g/mol. The average Bonchev–Trinajstić information content (AvgIpc) is 2.69. The lowest BCUT2D eigenvalue weighted by molar-refractivity contribution is 0.873.